The van der Waals surface area contributed by atoms with Crippen LogP contribution in [-0.4, -0.2) is 23.1 Å². The van der Waals surface area contributed by atoms with Crippen LogP contribution in [0.4, 0.5) is 0 Å². The summed E-state index contributed by atoms with van der Waals surface area (Å²) in [6.45, 7) is 4.38. The predicted octanol–water partition coefficient (Wildman–Crippen LogP) is 8.77. The van der Waals surface area contributed by atoms with E-state index in [4.69, 9.17) is 9.84 Å². The van der Waals surface area contributed by atoms with E-state index in [1.807, 2.05) is 0 Å². The zero-order valence-corrected chi connectivity index (χ0v) is 21.3. The number of carboxylic acid groups (broad SMARTS) is 1. The predicted molar refractivity (Wildman–Crippen MR) is 135 cm³/mol. The minimum absolute atomic E-state index is 0.0132. The molecular formula is C28H52O4. The highest BCUT2D eigenvalue weighted by atomic mass is 16.5. The molecule has 0 aliphatic heterocycles. The van der Waals surface area contributed by atoms with Gasteiger partial charge in [0.05, 0.1) is 0 Å². The van der Waals surface area contributed by atoms with E-state index in [0.29, 0.717) is 12.8 Å². The summed E-state index contributed by atoms with van der Waals surface area (Å²) in [7, 11) is 0. The molecule has 0 heterocycles. The number of aliphatic carboxylic acids is 1. The normalized spacial score (nSPS) is 12.3. The molecule has 0 fully saturated rings. The van der Waals surface area contributed by atoms with Gasteiger partial charge in [-0.2, -0.15) is 0 Å². The minimum atomic E-state index is -0.692. The van der Waals surface area contributed by atoms with E-state index in [1.54, 1.807) is 0 Å². The first-order valence-electron chi connectivity index (χ1n) is 13.7. The summed E-state index contributed by atoms with van der Waals surface area (Å²) < 4.78 is 5.76. The third-order valence-corrected chi connectivity index (χ3v) is 5.97. The smallest absolute Gasteiger partial charge is 0.306 e. The highest BCUT2D eigenvalue weighted by Gasteiger charge is 2.13. The second-order valence-corrected chi connectivity index (χ2v) is 9.23. The largest absolute Gasteiger partial charge is 0.481 e. The van der Waals surface area contributed by atoms with E-state index in [9.17, 15) is 9.59 Å². The van der Waals surface area contributed by atoms with Crippen LogP contribution in [0, 0.1) is 0 Å². The van der Waals surface area contributed by atoms with Crippen LogP contribution in [-0.2, 0) is 14.3 Å². The minimum Gasteiger partial charge on any atom is -0.481 e. The van der Waals surface area contributed by atoms with Gasteiger partial charge in [-0.3, -0.25) is 9.59 Å². The van der Waals surface area contributed by atoms with Crippen molar-refractivity contribution in [3.63, 3.8) is 0 Å². The van der Waals surface area contributed by atoms with Crippen molar-refractivity contribution in [3.8, 4) is 0 Å². The third kappa shape index (κ3) is 23.3. The Bertz CT molecular complexity index is 458. The summed E-state index contributed by atoms with van der Waals surface area (Å²) in [5.41, 5.74) is 0. The van der Waals surface area contributed by atoms with Crippen molar-refractivity contribution in [1.82, 2.24) is 0 Å². The molecule has 1 N–H and O–H groups in total. The molecule has 4 nitrogen and oxygen atoms in total. The van der Waals surface area contributed by atoms with Gasteiger partial charge in [-0.1, -0.05) is 96.6 Å². The van der Waals surface area contributed by atoms with Crippen LogP contribution < -0.4 is 0 Å². The van der Waals surface area contributed by atoms with Gasteiger partial charge in [-0.15, -0.1) is 0 Å². The molecule has 0 aliphatic carbocycles. The molecule has 0 saturated heterocycles. The van der Waals surface area contributed by atoms with Crippen molar-refractivity contribution >= 4 is 11.9 Å². The van der Waals surface area contributed by atoms with Gasteiger partial charge >= 0.3 is 11.9 Å². The van der Waals surface area contributed by atoms with Crippen molar-refractivity contribution in [2.45, 2.75) is 155 Å². The van der Waals surface area contributed by atoms with Gasteiger partial charge in [0.25, 0.3) is 0 Å². The summed E-state index contributed by atoms with van der Waals surface area (Å²) >= 11 is 0. The molecule has 0 aromatic carbocycles. The fraction of sp³-hybridized carbons (Fsp3) is 0.857. The Morgan fingerprint density at radius 2 is 1.19 bits per heavy atom. The van der Waals surface area contributed by atoms with E-state index in [2.05, 4.69) is 26.0 Å². The lowest BCUT2D eigenvalue weighted by Crippen LogP contribution is -2.18. The standard InChI is InChI=1S/C28H52O4/c1-3-5-6-7-8-9-10-11-15-18-21-25-28(31)32-26(22-4-2)23-19-16-13-12-14-17-20-24-27(29)30/h7-8,26H,3-6,9-25H2,1-2H3,(H,29,30)/b8-7-. The molecule has 0 aromatic heterocycles. The molecule has 4 heteroatoms. The molecule has 188 valence electrons. The number of carboxylic acids is 1. The maximum Gasteiger partial charge on any atom is 0.306 e. The maximum atomic E-state index is 12.2. The molecule has 0 aromatic rings. The monoisotopic (exact) mass is 452 g/mol. The number of carbonyl (C=O) groups is 2. The number of hydrogen-bond donors (Lipinski definition) is 1. The molecule has 0 radical (unpaired) electrons. The molecule has 1 unspecified atom stereocenters. The maximum absolute atomic E-state index is 12.2. The van der Waals surface area contributed by atoms with E-state index in [0.717, 1.165) is 57.8 Å². The lowest BCUT2D eigenvalue weighted by atomic mass is 10.0. The van der Waals surface area contributed by atoms with Crippen molar-refractivity contribution in [2.24, 2.45) is 0 Å². The summed E-state index contributed by atoms with van der Waals surface area (Å²) in [6, 6.07) is 0. The van der Waals surface area contributed by atoms with Crippen LogP contribution in [0.5, 0.6) is 0 Å². The van der Waals surface area contributed by atoms with Gasteiger partial charge in [0.1, 0.15) is 6.10 Å². The van der Waals surface area contributed by atoms with Gasteiger partial charge in [-0.05, 0) is 51.4 Å². The Balaban J connectivity index is 3.64. The number of rotatable bonds is 24. The van der Waals surface area contributed by atoms with E-state index < -0.39 is 5.97 Å². The van der Waals surface area contributed by atoms with Gasteiger partial charge in [0.2, 0.25) is 0 Å². The van der Waals surface area contributed by atoms with Crippen LogP contribution in [0.15, 0.2) is 12.2 Å². The van der Waals surface area contributed by atoms with Gasteiger partial charge in [0, 0.05) is 12.8 Å². The Labute approximate surface area is 198 Å². The lowest BCUT2D eigenvalue weighted by molar-refractivity contribution is -0.150. The Hall–Kier alpha value is -1.32. The summed E-state index contributed by atoms with van der Waals surface area (Å²) in [5.74, 6) is -0.705. The quantitative estimate of drug-likeness (QED) is 0.0902. The first kappa shape index (κ1) is 30.7. The van der Waals surface area contributed by atoms with E-state index in [-0.39, 0.29) is 12.1 Å². The second-order valence-electron chi connectivity index (χ2n) is 9.23. The highest BCUT2D eigenvalue weighted by molar-refractivity contribution is 5.69. The number of hydrogen-bond acceptors (Lipinski definition) is 3. The van der Waals surface area contributed by atoms with Crippen LogP contribution in [0.25, 0.3) is 0 Å². The number of allylic oxidation sites excluding steroid dienone is 2. The Morgan fingerprint density at radius 1 is 0.656 bits per heavy atom. The number of carbonyl (C=O) groups excluding carboxylic acids is 1. The molecule has 0 amide bonds. The van der Waals surface area contributed by atoms with Gasteiger partial charge in [-0.25, -0.2) is 0 Å². The second kappa shape index (κ2) is 24.3. The highest BCUT2D eigenvalue weighted by Crippen LogP contribution is 2.16. The molecule has 0 spiro atoms. The molecule has 1 atom stereocenters. The molecule has 0 saturated carbocycles. The fourth-order valence-electron chi connectivity index (χ4n) is 3.98. The third-order valence-electron chi connectivity index (χ3n) is 5.97. The average Bonchev–Trinajstić information content (AvgIpc) is 2.76. The number of unbranched alkanes of at least 4 members (excludes halogenated alkanes) is 13. The fourth-order valence-corrected chi connectivity index (χ4v) is 3.98. The molecular weight excluding hydrogens is 400 g/mol. The first-order chi connectivity index (χ1) is 15.6. The van der Waals surface area contributed by atoms with Gasteiger partial charge < -0.3 is 9.84 Å². The van der Waals surface area contributed by atoms with E-state index >= 15 is 0 Å². The SMILES string of the molecule is CCCC/C=C\CCCCCCCC(=O)OC(CCC)CCCCCCCCCC(=O)O. The molecule has 32 heavy (non-hydrogen) atoms. The van der Waals surface area contributed by atoms with Crippen LogP contribution in [0.3, 0.4) is 0 Å². The van der Waals surface area contributed by atoms with E-state index in [1.165, 1.54) is 64.2 Å². The Morgan fingerprint density at radius 3 is 1.78 bits per heavy atom. The van der Waals surface area contributed by atoms with Crippen molar-refractivity contribution in [2.75, 3.05) is 0 Å². The number of esters is 1. The molecule has 0 rings (SSSR count). The van der Waals surface area contributed by atoms with Crippen molar-refractivity contribution in [3.05, 3.63) is 12.2 Å². The summed E-state index contributed by atoms with van der Waals surface area (Å²) in [5, 5.41) is 8.63. The zero-order valence-electron chi connectivity index (χ0n) is 21.3. The first-order valence-corrected chi connectivity index (χ1v) is 13.7. The Kier molecular flexibility index (Phi) is 23.3. The summed E-state index contributed by atoms with van der Waals surface area (Å²) in [6.07, 6.45) is 26.9. The van der Waals surface area contributed by atoms with Gasteiger partial charge in [0.15, 0.2) is 0 Å². The number of ether oxygens (including phenoxy) is 1. The lowest BCUT2D eigenvalue weighted by Gasteiger charge is -2.17. The van der Waals surface area contributed by atoms with Crippen LogP contribution in [0.2, 0.25) is 0 Å². The molecule has 0 bridgehead atoms. The summed E-state index contributed by atoms with van der Waals surface area (Å²) in [4.78, 5) is 22.7. The average molecular weight is 453 g/mol. The van der Waals surface area contributed by atoms with Crippen molar-refractivity contribution in [1.29, 1.82) is 0 Å². The topological polar surface area (TPSA) is 63.6 Å². The van der Waals surface area contributed by atoms with Crippen LogP contribution in [0.1, 0.15) is 149 Å². The zero-order chi connectivity index (χ0) is 23.7. The van der Waals surface area contributed by atoms with Crippen LogP contribution >= 0.6 is 0 Å². The van der Waals surface area contributed by atoms with Crippen molar-refractivity contribution < 1.29 is 19.4 Å². The molecule has 0 aliphatic rings.